The molecule has 3 saturated heterocycles. The Balaban J connectivity index is 0.000000166. The maximum atomic E-state index is 12.6. The average Bonchev–Trinajstić information content (AvgIpc) is 4.34. The van der Waals surface area contributed by atoms with Crippen LogP contribution in [-0.4, -0.2) is 98.5 Å². The first-order valence-electron chi connectivity index (χ1n) is 25.2. The lowest BCUT2D eigenvalue weighted by molar-refractivity contribution is -0.136. The Morgan fingerprint density at radius 2 is 1.05 bits per heavy atom. The SMILES string of the molecule is C1CCNCC1.N#C/C(=C\C1CC1)C(=O)N1CC(n2cc(C(N)=O)c(-c3ccc(Oc4ccccc4)cc3)n2)C1.N#CCC(=O)N1CC(n2cc(C(N)=O)c(-c3ccc(Oc4ccccc4)cc3)n2)C1.O=CC1CC1. The highest BCUT2D eigenvalue weighted by molar-refractivity contribution is 6.00. The monoisotopic (exact) mass is 1010 g/mol. The highest BCUT2D eigenvalue weighted by Gasteiger charge is 2.36. The van der Waals surface area contributed by atoms with Crippen LogP contribution in [0, 0.1) is 34.5 Å². The van der Waals surface area contributed by atoms with Gasteiger partial charge < -0.3 is 40.9 Å². The van der Waals surface area contributed by atoms with Gasteiger partial charge >= 0.3 is 0 Å². The van der Waals surface area contributed by atoms with Crippen LogP contribution in [0.1, 0.15) is 84.2 Å². The number of ether oxygens (including phenoxy) is 2. The van der Waals surface area contributed by atoms with Crippen molar-refractivity contribution in [1.29, 1.82) is 10.5 Å². The fraction of sp³-hybridized carbons (Fsp3) is 0.316. The zero-order valence-electron chi connectivity index (χ0n) is 41.5. The fourth-order valence-electron chi connectivity index (χ4n) is 8.21. The van der Waals surface area contributed by atoms with Crippen molar-refractivity contribution in [3.05, 3.63) is 144 Å². The van der Waals surface area contributed by atoms with Crippen molar-refractivity contribution < 1.29 is 33.4 Å². The highest BCUT2D eigenvalue weighted by atomic mass is 16.5. The largest absolute Gasteiger partial charge is 0.457 e. The molecule has 0 bridgehead atoms. The Morgan fingerprint density at radius 3 is 1.40 bits per heavy atom. The predicted octanol–water partition coefficient (Wildman–Crippen LogP) is 7.78. The van der Waals surface area contributed by atoms with Crippen molar-refractivity contribution in [2.75, 3.05) is 39.3 Å². The van der Waals surface area contributed by atoms with Crippen LogP contribution < -0.4 is 26.3 Å². The van der Waals surface area contributed by atoms with E-state index in [-0.39, 0.29) is 35.9 Å². The van der Waals surface area contributed by atoms with Gasteiger partial charge in [0.1, 0.15) is 58.7 Å². The van der Waals surface area contributed by atoms with Gasteiger partial charge in [-0.3, -0.25) is 28.5 Å². The van der Waals surface area contributed by atoms with Crippen LogP contribution in [0.5, 0.6) is 23.0 Å². The Hall–Kier alpha value is -8.87. The lowest BCUT2D eigenvalue weighted by Crippen LogP contribution is -2.51. The van der Waals surface area contributed by atoms with Gasteiger partial charge in [0.15, 0.2) is 0 Å². The molecule has 384 valence electrons. The molecule has 0 spiro atoms. The number of piperidine rings is 1. The Kier molecular flexibility index (Phi) is 17.6. The molecule has 3 aliphatic heterocycles. The van der Waals surface area contributed by atoms with E-state index in [0.29, 0.717) is 72.0 Å². The summed E-state index contributed by atoms with van der Waals surface area (Å²) >= 11 is 0. The molecule has 0 atom stereocenters. The summed E-state index contributed by atoms with van der Waals surface area (Å²) in [5.41, 5.74) is 14.4. The number of nitrogens with one attached hydrogen (secondary N) is 1. The number of carbonyl (C=O) groups excluding carboxylic acids is 5. The van der Waals surface area contributed by atoms with Gasteiger partial charge in [0, 0.05) is 55.6 Å². The molecule has 0 radical (unpaired) electrons. The van der Waals surface area contributed by atoms with Gasteiger partial charge in [0.2, 0.25) is 5.91 Å². The van der Waals surface area contributed by atoms with Gasteiger partial charge in [0.25, 0.3) is 17.7 Å². The predicted molar refractivity (Wildman–Crippen MR) is 279 cm³/mol. The summed E-state index contributed by atoms with van der Waals surface area (Å²) in [6, 6.07) is 37.2. The summed E-state index contributed by atoms with van der Waals surface area (Å²) in [5.74, 6) is 2.00. The first-order chi connectivity index (χ1) is 36.5. The number of para-hydroxylation sites is 2. The van der Waals surface area contributed by atoms with E-state index in [0.717, 1.165) is 54.6 Å². The molecule has 5 N–H and O–H groups in total. The van der Waals surface area contributed by atoms with E-state index in [1.165, 1.54) is 32.4 Å². The van der Waals surface area contributed by atoms with Crippen molar-refractivity contribution in [3.8, 4) is 57.7 Å². The van der Waals surface area contributed by atoms with Crippen molar-refractivity contribution in [2.24, 2.45) is 23.3 Å². The first-order valence-corrected chi connectivity index (χ1v) is 25.2. The molecule has 75 heavy (non-hydrogen) atoms. The minimum Gasteiger partial charge on any atom is -0.457 e. The van der Waals surface area contributed by atoms with Crippen LogP contribution in [0.15, 0.2) is 133 Å². The number of allylic oxidation sites excluding steroid dienone is 1. The second kappa shape index (κ2) is 25.2. The number of amides is 4. The molecule has 5 fully saturated rings. The van der Waals surface area contributed by atoms with E-state index in [4.69, 9.17) is 26.2 Å². The third-order valence-corrected chi connectivity index (χ3v) is 12.9. The number of nitrogens with zero attached hydrogens (tertiary/aromatic N) is 8. The highest BCUT2D eigenvalue weighted by Crippen LogP contribution is 2.34. The number of benzene rings is 4. The quantitative estimate of drug-likeness (QED) is 0.0537. The number of rotatable bonds is 14. The third-order valence-electron chi connectivity index (χ3n) is 12.9. The van der Waals surface area contributed by atoms with E-state index in [9.17, 15) is 29.2 Å². The van der Waals surface area contributed by atoms with Gasteiger partial charge in [-0.25, -0.2) is 0 Å². The van der Waals surface area contributed by atoms with Crippen LogP contribution >= 0.6 is 0 Å². The van der Waals surface area contributed by atoms with Gasteiger partial charge in [-0.05, 0) is 130 Å². The van der Waals surface area contributed by atoms with Crippen molar-refractivity contribution >= 4 is 29.9 Å². The number of aldehydes is 1. The second-order valence-corrected chi connectivity index (χ2v) is 18.8. The standard InChI is InChI=1S/C26H23N5O3.C22H19N5O3.C5H11N.C4H6O/c27-13-19(12-17-6-7-17)26(33)30-14-20(15-30)31-16-23(25(28)32)24(29-31)18-8-10-22(11-9-18)34-21-4-2-1-3-5-21;23-11-10-20(28)26-12-16(13-26)27-14-19(22(24)29)21(25-27)15-6-8-18(9-7-15)30-17-4-2-1-3-5-17;1-2-4-6-5-3-1;5-3-4-1-2-4/h1-5,8-12,16-17,20H,6-7,14-15H2,(H2,28,32);1-9,14,16H,10,12-13H2,(H2,24,29);6H,1-5H2;3-4H,1-2H2/b19-12+;;;. The molecule has 5 aliphatic rings. The number of nitrogens with two attached hydrogens (primary N) is 2. The summed E-state index contributed by atoms with van der Waals surface area (Å²) < 4.78 is 15.0. The lowest BCUT2D eigenvalue weighted by atomic mass is 10.1. The van der Waals surface area contributed by atoms with Crippen LogP contribution in [0.2, 0.25) is 0 Å². The molecule has 4 aromatic carbocycles. The summed E-state index contributed by atoms with van der Waals surface area (Å²) in [6.45, 7) is 4.24. The van der Waals surface area contributed by atoms with Gasteiger partial charge in [0.05, 0.1) is 29.3 Å². The second-order valence-electron chi connectivity index (χ2n) is 18.8. The molecule has 18 heteroatoms. The van der Waals surface area contributed by atoms with Crippen molar-refractivity contribution in [2.45, 2.75) is 63.5 Å². The van der Waals surface area contributed by atoms with Crippen LogP contribution in [0.3, 0.4) is 0 Å². The normalized spacial score (nSPS) is 16.0. The molecule has 5 heterocycles. The number of aromatic nitrogens is 4. The maximum absolute atomic E-state index is 12.6. The molecule has 2 aliphatic carbocycles. The molecule has 18 nitrogen and oxygen atoms in total. The Morgan fingerprint density at radius 1 is 0.613 bits per heavy atom. The molecule has 2 saturated carbocycles. The first kappa shape index (κ1) is 52.5. The van der Waals surface area contributed by atoms with E-state index < -0.39 is 11.8 Å². The van der Waals surface area contributed by atoms with Gasteiger partial charge in [-0.2, -0.15) is 20.7 Å². The zero-order chi connectivity index (χ0) is 52.7. The van der Waals surface area contributed by atoms with E-state index in [2.05, 4.69) is 15.5 Å². The van der Waals surface area contributed by atoms with Gasteiger partial charge in [-0.15, -0.1) is 0 Å². The smallest absolute Gasteiger partial charge is 0.264 e. The summed E-state index contributed by atoms with van der Waals surface area (Å²) in [7, 11) is 0. The minimum absolute atomic E-state index is 0.0554. The molecule has 0 unspecified atom stereocenters. The lowest BCUT2D eigenvalue weighted by Gasteiger charge is -2.39. The van der Waals surface area contributed by atoms with Crippen LogP contribution in [0.25, 0.3) is 22.5 Å². The number of nitriles is 2. The number of carbonyl (C=O) groups is 5. The zero-order valence-corrected chi connectivity index (χ0v) is 41.5. The number of primary amides is 2. The summed E-state index contributed by atoms with van der Waals surface area (Å²) in [6.07, 6.45) is 14.5. The molecular weight excluding hydrogens is 951 g/mol. The summed E-state index contributed by atoms with van der Waals surface area (Å²) in [5, 5.41) is 30.4. The third kappa shape index (κ3) is 14.4. The van der Waals surface area contributed by atoms with Crippen molar-refractivity contribution in [1.82, 2.24) is 34.7 Å². The number of hydrogen-bond acceptors (Lipinski definition) is 12. The van der Waals surface area contributed by atoms with E-state index in [1.807, 2.05) is 109 Å². The summed E-state index contributed by atoms with van der Waals surface area (Å²) in [4.78, 5) is 61.2. The average molecular weight is 1010 g/mol. The number of hydrogen-bond donors (Lipinski definition) is 3. The van der Waals surface area contributed by atoms with E-state index in [1.54, 1.807) is 49.8 Å². The Labute approximate surface area is 435 Å². The molecule has 2 aromatic heterocycles. The molecular formula is C57H59N11O7. The topological polar surface area (TPSA) is 258 Å². The minimum atomic E-state index is -0.572. The van der Waals surface area contributed by atoms with Crippen LogP contribution in [0.4, 0.5) is 0 Å². The fourth-order valence-corrected chi connectivity index (χ4v) is 8.21. The van der Waals surface area contributed by atoms with Crippen LogP contribution in [-0.2, 0) is 14.4 Å². The Bertz CT molecular complexity index is 3030. The van der Waals surface area contributed by atoms with Gasteiger partial charge in [-0.1, -0.05) is 48.9 Å². The molecule has 6 aromatic rings. The van der Waals surface area contributed by atoms with E-state index >= 15 is 0 Å². The number of likely N-dealkylation sites (tertiary alicyclic amines) is 2. The molecule has 4 amide bonds. The maximum Gasteiger partial charge on any atom is 0.264 e. The molecule has 11 rings (SSSR count). The van der Waals surface area contributed by atoms with Crippen molar-refractivity contribution in [3.63, 3.8) is 0 Å².